The van der Waals surface area contributed by atoms with E-state index in [1.54, 1.807) is 0 Å². The Balaban J connectivity index is 2.43. The molecule has 2 rings (SSSR count). The lowest BCUT2D eigenvalue weighted by Crippen LogP contribution is -2.05. The second kappa shape index (κ2) is 2.73. The molecule has 0 aliphatic carbocycles. The number of nitrogens with zero attached hydrogens (tertiary/aromatic N) is 2. The van der Waals surface area contributed by atoms with Crippen molar-refractivity contribution in [1.82, 2.24) is 15.5 Å². The van der Waals surface area contributed by atoms with Crippen LogP contribution in [0, 0.1) is 6.92 Å². The lowest BCUT2D eigenvalue weighted by Gasteiger charge is -1.91. The van der Waals surface area contributed by atoms with Crippen molar-refractivity contribution in [2.75, 3.05) is 0 Å². The van der Waals surface area contributed by atoms with Crippen LogP contribution in [0.5, 0.6) is 0 Å². The Morgan fingerprint density at radius 1 is 1.25 bits per heavy atom. The minimum Gasteiger partial charge on any atom is -0.172 e. The van der Waals surface area contributed by atoms with E-state index in [0.717, 1.165) is 11.4 Å². The van der Waals surface area contributed by atoms with E-state index in [0.29, 0.717) is 0 Å². The molecule has 0 saturated heterocycles. The number of aromatic nitrogens is 4. The van der Waals surface area contributed by atoms with Gasteiger partial charge in [0.05, 0.1) is 5.56 Å². The standard InChI is InChI=1S/C8H8N4/c1-6-2-4-7(5-3-6)8-9-11-12-10-8/h2-5H,1H3,(H,9,10,11,12)/p+1. The molecule has 2 N–H and O–H groups in total. The van der Waals surface area contributed by atoms with Crippen LogP contribution in [0.3, 0.4) is 0 Å². The summed E-state index contributed by atoms with van der Waals surface area (Å²) in [6.07, 6.45) is 0. The van der Waals surface area contributed by atoms with Gasteiger partial charge in [-0.3, -0.25) is 0 Å². The SMILES string of the molecule is Cc1ccc(-c2nn[nH][nH+]2)cc1. The molecule has 1 aromatic carbocycles. The highest BCUT2D eigenvalue weighted by Gasteiger charge is 2.07. The number of nitrogens with one attached hydrogen (secondary N) is 2. The van der Waals surface area contributed by atoms with E-state index in [1.807, 2.05) is 24.3 Å². The van der Waals surface area contributed by atoms with Gasteiger partial charge in [-0.15, -0.1) is 0 Å². The van der Waals surface area contributed by atoms with Gasteiger partial charge in [0.2, 0.25) is 0 Å². The molecule has 2 aromatic rings. The molecule has 1 heterocycles. The van der Waals surface area contributed by atoms with Crippen LogP contribution >= 0.6 is 0 Å². The van der Waals surface area contributed by atoms with Gasteiger partial charge in [0.25, 0.3) is 0 Å². The van der Waals surface area contributed by atoms with Gasteiger partial charge in [-0.25, -0.2) is 0 Å². The van der Waals surface area contributed by atoms with Gasteiger partial charge in [0.15, 0.2) is 5.21 Å². The average Bonchev–Trinajstić information content (AvgIpc) is 2.58. The van der Waals surface area contributed by atoms with E-state index in [2.05, 4.69) is 27.5 Å². The van der Waals surface area contributed by atoms with Crippen LogP contribution in [-0.4, -0.2) is 15.5 Å². The van der Waals surface area contributed by atoms with E-state index < -0.39 is 0 Å². The molecule has 0 fully saturated rings. The highest BCUT2D eigenvalue weighted by atomic mass is 15.5. The fourth-order valence-electron chi connectivity index (χ4n) is 1.02. The smallest absolute Gasteiger partial charge is 0.172 e. The lowest BCUT2D eigenvalue weighted by atomic mass is 10.1. The molecule has 0 spiro atoms. The maximum absolute atomic E-state index is 3.86. The Morgan fingerprint density at radius 3 is 2.58 bits per heavy atom. The maximum Gasteiger partial charge on any atom is 0.329 e. The van der Waals surface area contributed by atoms with Crippen LogP contribution in [-0.2, 0) is 0 Å². The zero-order valence-corrected chi connectivity index (χ0v) is 6.70. The minimum absolute atomic E-state index is 0.759. The van der Waals surface area contributed by atoms with Gasteiger partial charge in [-0.1, -0.05) is 22.9 Å². The van der Waals surface area contributed by atoms with Crippen molar-refractivity contribution in [3.05, 3.63) is 29.8 Å². The quantitative estimate of drug-likeness (QED) is 0.665. The molecule has 4 nitrogen and oxygen atoms in total. The molecule has 0 saturated carbocycles. The molecule has 0 unspecified atom stereocenters. The first-order valence-electron chi connectivity index (χ1n) is 3.72. The molecular weight excluding hydrogens is 152 g/mol. The summed E-state index contributed by atoms with van der Waals surface area (Å²) in [5.74, 6) is 0.759. The van der Waals surface area contributed by atoms with Crippen molar-refractivity contribution in [3.63, 3.8) is 0 Å². The minimum atomic E-state index is 0.759. The van der Waals surface area contributed by atoms with Gasteiger partial charge in [-0.05, 0) is 19.1 Å². The fraction of sp³-hybridized carbons (Fsp3) is 0.125. The summed E-state index contributed by atoms with van der Waals surface area (Å²) in [6, 6.07) is 8.09. The van der Waals surface area contributed by atoms with Crippen molar-refractivity contribution in [3.8, 4) is 11.4 Å². The molecule has 0 aliphatic heterocycles. The predicted octanol–water partition coefficient (Wildman–Crippen LogP) is 0.594. The van der Waals surface area contributed by atoms with Crippen molar-refractivity contribution >= 4 is 0 Å². The van der Waals surface area contributed by atoms with Crippen molar-refractivity contribution in [2.45, 2.75) is 6.92 Å². The average molecular weight is 161 g/mol. The van der Waals surface area contributed by atoms with Crippen molar-refractivity contribution in [1.29, 1.82) is 0 Å². The van der Waals surface area contributed by atoms with Gasteiger partial charge in [0, 0.05) is 0 Å². The third kappa shape index (κ3) is 1.18. The van der Waals surface area contributed by atoms with E-state index in [-0.39, 0.29) is 0 Å². The van der Waals surface area contributed by atoms with E-state index in [4.69, 9.17) is 0 Å². The highest BCUT2D eigenvalue weighted by molar-refractivity contribution is 5.51. The predicted molar refractivity (Wildman–Crippen MR) is 43.1 cm³/mol. The molecule has 60 valence electrons. The Morgan fingerprint density at radius 2 is 2.00 bits per heavy atom. The molecule has 0 bridgehead atoms. The summed E-state index contributed by atoms with van der Waals surface area (Å²) in [4.78, 5) is 0. The lowest BCUT2D eigenvalue weighted by molar-refractivity contribution is -0.444. The first-order chi connectivity index (χ1) is 5.86. The van der Waals surface area contributed by atoms with E-state index in [9.17, 15) is 0 Å². The third-order valence-corrected chi connectivity index (χ3v) is 1.70. The van der Waals surface area contributed by atoms with Crippen LogP contribution in [0.15, 0.2) is 24.3 Å². The summed E-state index contributed by atoms with van der Waals surface area (Å²) >= 11 is 0. The van der Waals surface area contributed by atoms with Gasteiger partial charge in [0.1, 0.15) is 5.10 Å². The zero-order valence-electron chi connectivity index (χ0n) is 6.70. The van der Waals surface area contributed by atoms with Crippen LogP contribution in [0.4, 0.5) is 0 Å². The zero-order chi connectivity index (χ0) is 8.39. The highest BCUT2D eigenvalue weighted by Crippen LogP contribution is 2.10. The number of tetrazole rings is 1. The molecular formula is C8H9N4+. The number of H-pyrrole nitrogens is 2. The number of hydrogen-bond donors (Lipinski definition) is 1. The fourth-order valence-corrected chi connectivity index (χ4v) is 1.02. The Hall–Kier alpha value is -1.71. The largest absolute Gasteiger partial charge is 0.329 e. The van der Waals surface area contributed by atoms with Crippen LogP contribution in [0.25, 0.3) is 11.4 Å². The molecule has 1 aromatic heterocycles. The van der Waals surface area contributed by atoms with Crippen LogP contribution in [0.2, 0.25) is 0 Å². The van der Waals surface area contributed by atoms with E-state index in [1.165, 1.54) is 5.56 Å². The summed E-state index contributed by atoms with van der Waals surface area (Å²) in [6.45, 7) is 2.05. The number of hydrogen-bond acceptors (Lipinski definition) is 2. The van der Waals surface area contributed by atoms with Gasteiger partial charge in [-0.2, -0.15) is 5.10 Å². The van der Waals surface area contributed by atoms with Crippen molar-refractivity contribution in [2.24, 2.45) is 0 Å². The summed E-state index contributed by atoms with van der Waals surface area (Å²) in [5, 5.41) is 12.8. The molecule has 0 radical (unpaired) electrons. The monoisotopic (exact) mass is 161 g/mol. The number of aromatic amines is 2. The van der Waals surface area contributed by atoms with E-state index >= 15 is 0 Å². The topological polar surface area (TPSA) is 55.7 Å². The molecule has 0 amide bonds. The van der Waals surface area contributed by atoms with Gasteiger partial charge < -0.3 is 0 Å². The Labute approximate surface area is 69.6 Å². The molecule has 0 aliphatic rings. The molecule has 12 heavy (non-hydrogen) atoms. The number of rotatable bonds is 1. The van der Waals surface area contributed by atoms with Crippen LogP contribution in [0.1, 0.15) is 5.56 Å². The summed E-state index contributed by atoms with van der Waals surface area (Å²) < 4.78 is 0. The summed E-state index contributed by atoms with van der Waals surface area (Å²) in [5.41, 5.74) is 2.27. The number of aryl methyl sites for hydroxylation is 1. The molecule has 0 atom stereocenters. The van der Waals surface area contributed by atoms with Crippen molar-refractivity contribution < 1.29 is 5.10 Å². The maximum atomic E-state index is 3.86. The second-order valence-corrected chi connectivity index (χ2v) is 2.65. The second-order valence-electron chi connectivity index (χ2n) is 2.65. The third-order valence-electron chi connectivity index (χ3n) is 1.70. The van der Waals surface area contributed by atoms with Crippen LogP contribution < -0.4 is 5.10 Å². The Kier molecular flexibility index (Phi) is 1.59. The first-order valence-corrected chi connectivity index (χ1v) is 3.72. The molecule has 4 heteroatoms. The first kappa shape index (κ1) is 6.97. The number of benzene rings is 1. The van der Waals surface area contributed by atoms with Gasteiger partial charge >= 0.3 is 5.82 Å². The normalized spacial score (nSPS) is 10.1. The Bertz CT molecular complexity index is 349. The summed E-state index contributed by atoms with van der Waals surface area (Å²) in [7, 11) is 0.